The number of amides is 1. The Labute approximate surface area is 190 Å². The Bertz CT molecular complexity index is 1210. The standard InChI is InChI=1S/C24H24N4O5/c1-24(2,3)16-6-11-20-21(13-16)33-22(15-32-20)23(29)26-25-14-19-5-4-12-27(19)17-7-9-18(10-8-17)28(30)31/h4-14,22H,15H2,1-3H3,(H,26,29)/b25-14-/t22-/m1/s1. The number of nitro benzene ring substituents is 1. The molecule has 170 valence electrons. The van der Waals surface area contributed by atoms with E-state index in [0.29, 0.717) is 17.2 Å². The van der Waals surface area contributed by atoms with Crippen LogP contribution in [0.1, 0.15) is 32.0 Å². The van der Waals surface area contributed by atoms with Gasteiger partial charge >= 0.3 is 0 Å². The van der Waals surface area contributed by atoms with Crippen LogP contribution in [0.5, 0.6) is 11.5 Å². The molecular formula is C24H24N4O5. The van der Waals surface area contributed by atoms with E-state index in [9.17, 15) is 14.9 Å². The van der Waals surface area contributed by atoms with Gasteiger partial charge in [-0.05, 0) is 47.4 Å². The van der Waals surface area contributed by atoms with Crippen molar-refractivity contribution in [3.63, 3.8) is 0 Å². The van der Waals surface area contributed by atoms with Gasteiger partial charge in [0.1, 0.15) is 6.61 Å². The fraction of sp³-hybridized carbons (Fsp3) is 0.250. The van der Waals surface area contributed by atoms with Crippen molar-refractivity contribution >= 4 is 17.8 Å². The zero-order valence-electron chi connectivity index (χ0n) is 18.5. The molecule has 0 aliphatic carbocycles. The van der Waals surface area contributed by atoms with Crippen LogP contribution in [-0.2, 0) is 10.2 Å². The second kappa shape index (κ2) is 8.78. The van der Waals surface area contributed by atoms with Gasteiger partial charge in [0, 0.05) is 24.0 Å². The highest BCUT2D eigenvalue weighted by atomic mass is 16.6. The summed E-state index contributed by atoms with van der Waals surface area (Å²) in [6.07, 6.45) is 2.47. The van der Waals surface area contributed by atoms with E-state index in [-0.39, 0.29) is 17.7 Å². The Kier molecular flexibility index (Phi) is 5.87. The normalized spacial score (nSPS) is 15.4. The number of nitro groups is 1. The van der Waals surface area contributed by atoms with E-state index in [1.165, 1.54) is 18.3 Å². The van der Waals surface area contributed by atoms with E-state index in [0.717, 1.165) is 11.3 Å². The van der Waals surface area contributed by atoms with Gasteiger partial charge in [0.05, 0.1) is 16.8 Å². The van der Waals surface area contributed by atoms with Crippen LogP contribution in [-0.4, -0.2) is 34.3 Å². The van der Waals surface area contributed by atoms with Crippen LogP contribution in [0.3, 0.4) is 0 Å². The minimum atomic E-state index is -0.827. The monoisotopic (exact) mass is 448 g/mol. The number of fused-ring (bicyclic) bond motifs is 1. The molecule has 1 aliphatic heterocycles. The van der Waals surface area contributed by atoms with Crippen LogP contribution in [0.15, 0.2) is 65.9 Å². The largest absolute Gasteiger partial charge is 0.485 e. The average Bonchev–Trinajstić information content (AvgIpc) is 3.26. The SMILES string of the molecule is CC(C)(C)c1ccc2c(c1)O[C@@H](C(=O)N/N=C\c1cccn1-c1ccc([N+](=O)[O-])cc1)CO2. The molecular weight excluding hydrogens is 424 g/mol. The first kappa shape index (κ1) is 22.1. The molecule has 33 heavy (non-hydrogen) atoms. The maximum absolute atomic E-state index is 12.6. The lowest BCUT2D eigenvalue weighted by Crippen LogP contribution is -2.42. The zero-order valence-corrected chi connectivity index (χ0v) is 18.5. The van der Waals surface area contributed by atoms with Gasteiger partial charge in [-0.15, -0.1) is 0 Å². The van der Waals surface area contributed by atoms with Gasteiger partial charge in [0.25, 0.3) is 11.6 Å². The molecule has 1 aliphatic rings. The Balaban J connectivity index is 1.42. The summed E-state index contributed by atoms with van der Waals surface area (Å²) in [5, 5.41) is 14.9. The summed E-state index contributed by atoms with van der Waals surface area (Å²) in [4.78, 5) is 23.0. The molecule has 9 nitrogen and oxygen atoms in total. The highest BCUT2D eigenvalue weighted by Crippen LogP contribution is 2.36. The molecule has 0 spiro atoms. The third kappa shape index (κ3) is 4.87. The van der Waals surface area contributed by atoms with Crippen LogP contribution >= 0.6 is 0 Å². The highest BCUT2D eigenvalue weighted by Gasteiger charge is 2.28. The number of carbonyl (C=O) groups excluding carboxylic acids is 1. The number of nitrogens with zero attached hydrogens (tertiary/aromatic N) is 3. The van der Waals surface area contributed by atoms with E-state index in [2.05, 4.69) is 31.3 Å². The predicted octanol–water partition coefficient (Wildman–Crippen LogP) is 3.97. The molecule has 2 heterocycles. The molecule has 3 aromatic rings. The van der Waals surface area contributed by atoms with Gasteiger partial charge in [-0.3, -0.25) is 14.9 Å². The van der Waals surface area contributed by atoms with Crippen molar-refractivity contribution in [2.75, 3.05) is 6.61 Å². The van der Waals surface area contributed by atoms with Crippen molar-refractivity contribution in [3.8, 4) is 17.2 Å². The minimum Gasteiger partial charge on any atom is -0.485 e. The summed E-state index contributed by atoms with van der Waals surface area (Å²) in [6.45, 7) is 6.39. The van der Waals surface area contributed by atoms with Crippen molar-refractivity contribution in [2.24, 2.45) is 5.10 Å². The number of hydrogen-bond donors (Lipinski definition) is 1. The number of ether oxygens (including phenoxy) is 2. The molecule has 1 amide bonds. The molecule has 0 radical (unpaired) electrons. The Morgan fingerprint density at radius 3 is 2.64 bits per heavy atom. The van der Waals surface area contributed by atoms with Gasteiger partial charge in [-0.1, -0.05) is 26.8 Å². The molecule has 2 aromatic carbocycles. The zero-order chi connectivity index (χ0) is 23.6. The van der Waals surface area contributed by atoms with Gasteiger partial charge in [0.2, 0.25) is 6.10 Å². The quantitative estimate of drug-likeness (QED) is 0.361. The third-order valence-electron chi connectivity index (χ3n) is 5.25. The second-order valence-electron chi connectivity index (χ2n) is 8.64. The lowest BCUT2D eigenvalue weighted by molar-refractivity contribution is -0.384. The van der Waals surface area contributed by atoms with Crippen molar-refractivity contribution in [1.29, 1.82) is 0 Å². The number of nitrogens with one attached hydrogen (secondary N) is 1. The van der Waals surface area contributed by atoms with Crippen LogP contribution in [0.2, 0.25) is 0 Å². The van der Waals surface area contributed by atoms with Crippen LogP contribution in [0.25, 0.3) is 5.69 Å². The van der Waals surface area contributed by atoms with Crippen molar-refractivity contribution < 1.29 is 19.2 Å². The fourth-order valence-corrected chi connectivity index (χ4v) is 3.37. The Morgan fingerprint density at radius 2 is 1.94 bits per heavy atom. The molecule has 1 atom stereocenters. The fourth-order valence-electron chi connectivity index (χ4n) is 3.37. The van der Waals surface area contributed by atoms with Gasteiger partial charge < -0.3 is 14.0 Å². The Morgan fingerprint density at radius 1 is 1.18 bits per heavy atom. The van der Waals surface area contributed by atoms with E-state index >= 15 is 0 Å². The molecule has 4 rings (SSSR count). The van der Waals surface area contributed by atoms with Crippen LogP contribution in [0, 0.1) is 10.1 Å². The summed E-state index contributed by atoms with van der Waals surface area (Å²) in [5.41, 5.74) is 4.94. The van der Waals surface area contributed by atoms with E-state index in [1.54, 1.807) is 22.9 Å². The van der Waals surface area contributed by atoms with E-state index in [1.807, 2.05) is 30.3 Å². The molecule has 0 saturated heterocycles. The number of hydrogen-bond acceptors (Lipinski definition) is 6. The summed E-state index contributed by atoms with van der Waals surface area (Å²) in [7, 11) is 0. The van der Waals surface area contributed by atoms with E-state index in [4.69, 9.17) is 9.47 Å². The highest BCUT2D eigenvalue weighted by molar-refractivity contribution is 5.84. The summed E-state index contributed by atoms with van der Waals surface area (Å²) >= 11 is 0. The Hall–Kier alpha value is -4.14. The predicted molar refractivity (Wildman–Crippen MR) is 123 cm³/mol. The molecule has 0 saturated carbocycles. The number of benzene rings is 2. The minimum absolute atomic E-state index is 0.0132. The maximum Gasteiger partial charge on any atom is 0.284 e. The summed E-state index contributed by atoms with van der Waals surface area (Å²) in [5.74, 6) is 0.716. The molecule has 9 heteroatoms. The molecule has 1 aromatic heterocycles. The van der Waals surface area contributed by atoms with Crippen molar-refractivity contribution in [2.45, 2.75) is 32.3 Å². The molecule has 1 N–H and O–H groups in total. The average molecular weight is 448 g/mol. The topological polar surface area (TPSA) is 108 Å². The number of non-ortho nitro benzene ring substituents is 1. The van der Waals surface area contributed by atoms with Crippen molar-refractivity contribution in [3.05, 3.63) is 82.2 Å². The first-order chi connectivity index (χ1) is 15.7. The maximum atomic E-state index is 12.6. The van der Waals surface area contributed by atoms with Crippen LogP contribution in [0.4, 0.5) is 5.69 Å². The molecule has 0 unspecified atom stereocenters. The second-order valence-corrected chi connectivity index (χ2v) is 8.64. The number of hydrazone groups is 1. The van der Waals surface area contributed by atoms with Crippen molar-refractivity contribution in [1.82, 2.24) is 9.99 Å². The lowest BCUT2D eigenvalue weighted by atomic mass is 9.87. The van der Waals surface area contributed by atoms with E-state index < -0.39 is 16.9 Å². The van der Waals surface area contributed by atoms with Crippen LogP contribution < -0.4 is 14.9 Å². The summed E-state index contributed by atoms with van der Waals surface area (Å²) < 4.78 is 13.4. The summed E-state index contributed by atoms with van der Waals surface area (Å²) in [6, 6.07) is 15.5. The van der Waals surface area contributed by atoms with Gasteiger partial charge in [-0.2, -0.15) is 5.10 Å². The van der Waals surface area contributed by atoms with Gasteiger partial charge in [0.15, 0.2) is 11.5 Å². The molecule has 0 fully saturated rings. The smallest absolute Gasteiger partial charge is 0.284 e. The first-order valence-corrected chi connectivity index (χ1v) is 10.4. The number of aromatic nitrogens is 1. The lowest BCUT2D eigenvalue weighted by Gasteiger charge is -2.27. The number of carbonyl (C=O) groups is 1. The van der Waals surface area contributed by atoms with Gasteiger partial charge in [-0.25, -0.2) is 5.43 Å². The molecule has 0 bridgehead atoms. The number of rotatable bonds is 5. The first-order valence-electron chi connectivity index (χ1n) is 10.4. The third-order valence-corrected chi connectivity index (χ3v) is 5.25.